The minimum atomic E-state index is -3.13. The van der Waals surface area contributed by atoms with E-state index in [9.17, 15) is 18.0 Å². The van der Waals surface area contributed by atoms with Crippen LogP contribution in [0.3, 0.4) is 0 Å². The number of carbonyl (C=O) groups is 1. The molecule has 5 rings (SSSR count). The molecule has 0 bridgehead atoms. The van der Waals surface area contributed by atoms with Crippen LogP contribution in [0.15, 0.2) is 41.5 Å². The van der Waals surface area contributed by atoms with Gasteiger partial charge in [-0.15, -0.1) is 11.3 Å². The third kappa shape index (κ3) is 4.43. The number of benzene rings is 1. The number of amides is 1. The Morgan fingerprint density at radius 3 is 2.53 bits per heavy atom. The number of carbonyl (C=O) groups excluding carboxylic acids is 1. The van der Waals surface area contributed by atoms with Gasteiger partial charge in [0.15, 0.2) is 9.84 Å². The van der Waals surface area contributed by atoms with Crippen molar-refractivity contribution in [1.82, 2.24) is 14.5 Å². The summed E-state index contributed by atoms with van der Waals surface area (Å²) in [5, 5.41) is 0.539. The zero-order chi connectivity index (χ0) is 23.9. The standard InChI is InChI=1S/C25H29N3O4S2/c1-17-22(18-8-4-2-5-9-18)23-24(33-17)26-16-27(25(23)30)14-21(29)28(19-10-6-3-7-11-19)20-12-13-34(31,32)15-20/h2,4-5,8-9,16,19-20H,3,6-7,10-15H2,1H3. The number of hydrogen-bond donors (Lipinski definition) is 0. The van der Waals surface area contributed by atoms with Crippen molar-refractivity contribution >= 4 is 37.3 Å². The van der Waals surface area contributed by atoms with Crippen LogP contribution in [0, 0.1) is 6.92 Å². The lowest BCUT2D eigenvalue weighted by Crippen LogP contribution is -2.50. The molecule has 1 aromatic carbocycles. The average molecular weight is 500 g/mol. The molecule has 0 spiro atoms. The number of aryl methyl sites for hydroxylation is 1. The molecule has 2 aromatic heterocycles. The first kappa shape index (κ1) is 23.2. The van der Waals surface area contributed by atoms with Crippen molar-refractivity contribution in [3.63, 3.8) is 0 Å². The average Bonchev–Trinajstić information content (AvgIpc) is 3.36. The molecule has 1 aliphatic heterocycles. The Labute approximate surface area is 203 Å². The Kier molecular flexibility index (Phi) is 6.33. The third-order valence-electron chi connectivity index (χ3n) is 7.08. The normalized spacial score (nSPS) is 20.6. The van der Waals surface area contributed by atoms with Crippen LogP contribution in [0.25, 0.3) is 21.3 Å². The topological polar surface area (TPSA) is 89.3 Å². The summed E-state index contributed by atoms with van der Waals surface area (Å²) >= 11 is 1.48. The molecule has 3 aromatic rings. The summed E-state index contributed by atoms with van der Waals surface area (Å²) in [7, 11) is -3.13. The van der Waals surface area contributed by atoms with E-state index >= 15 is 0 Å². The van der Waals surface area contributed by atoms with Gasteiger partial charge in [0.05, 0.1) is 23.2 Å². The van der Waals surface area contributed by atoms with Crippen molar-refractivity contribution in [2.75, 3.05) is 11.5 Å². The van der Waals surface area contributed by atoms with Gasteiger partial charge in [-0.3, -0.25) is 14.2 Å². The summed E-state index contributed by atoms with van der Waals surface area (Å²) in [6.45, 7) is 1.85. The summed E-state index contributed by atoms with van der Waals surface area (Å²) in [6, 6.07) is 9.49. The Morgan fingerprint density at radius 1 is 1.12 bits per heavy atom. The van der Waals surface area contributed by atoms with Crippen LogP contribution < -0.4 is 5.56 Å². The Hall–Kier alpha value is -2.52. The van der Waals surface area contributed by atoms with Crippen LogP contribution in [-0.2, 0) is 21.2 Å². The fraction of sp³-hybridized carbons (Fsp3) is 0.480. The van der Waals surface area contributed by atoms with E-state index in [0.29, 0.717) is 16.6 Å². The number of fused-ring (bicyclic) bond motifs is 1. The lowest BCUT2D eigenvalue weighted by atomic mass is 9.93. The second kappa shape index (κ2) is 9.26. The second-order valence-corrected chi connectivity index (χ2v) is 12.8. The maximum atomic E-state index is 13.6. The highest BCUT2D eigenvalue weighted by Crippen LogP contribution is 2.35. The molecule has 2 aliphatic rings. The van der Waals surface area contributed by atoms with Crippen molar-refractivity contribution in [1.29, 1.82) is 0 Å². The zero-order valence-electron chi connectivity index (χ0n) is 19.3. The predicted octanol–water partition coefficient (Wildman–Crippen LogP) is 3.78. The van der Waals surface area contributed by atoms with Crippen LogP contribution in [-0.4, -0.2) is 52.4 Å². The summed E-state index contributed by atoms with van der Waals surface area (Å²) in [6.07, 6.45) is 6.91. The molecule has 3 heterocycles. The van der Waals surface area contributed by atoms with E-state index in [4.69, 9.17) is 0 Å². The third-order valence-corrected chi connectivity index (χ3v) is 9.84. The molecule has 1 saturated heterocycles. The molecule has 34 heavy (non-hydrogen) atoms. The van der Waals surface area contributed by atoms with Gasteiger partial charge in [-0.2, -0.15) is 0 Å². The summed E-state index contributed by atoms with van der Waals surface area (Å²) in [5.74, 6) is -0.0509. The number of hydrogen-bond acceptors (Lipinski definition) is 6. The molecule has 1 atom stereocenters. The summed E-state index contributed by atoms with van der Waals surface area (Å²) < 4.78 is 25.8. The highest BCUT2D eigenvalue weighted by molar-refractivity contribution is 7.91. The van der Waals surface area contributed by atoms with Gasteiger partial charge in [-0.1, -0.05) is 49.6 Å². The molecule has 9 heteroatoms. The van der Waals surface area contributed by atoms with Gasteiger partial charge in [0.1, 0.15) is 11.4 Å². The van der Waals surface area contributed by atoms with Crippen LogP contribution in [0.5, 0.6) is 0 Å². The fourth-order valence-corrected chi connectivity index (χ4v) is 8.20. The molecule has 7 nitrogen and oxygen atoms in total. The van der Waals surface area contributed by atoms with Gasteiger partial charge in [0.2, 0.25) is 5.91 Å². The lowest BCUT2D eigenvalue weighted by molar-refractivity contribution is -0.137. The van der Waals surface area contributed by atoms with Crippen molar-refractivity contribution in [3.8, 4) is 11.1 Å². The first-order chi connectivity index (χ1) is 16.3. The van der Waals surface area contributed by atoms with Crippen molar-refractivity contribution in [3.05, 3.63) is 51.9 Å². The van der Waals surface area contributed by atoms with Crippen molar-refractivity contribution in [2.24, 2.45) is 0 Å². The van der Waals surface area contributed by atoms with Crippen LogP contribution >= 0.6 is 11.3 Å². The maximum Gasteiger partial charge on any atom is 0.263 e. The van der Waals surface area contributed by atoms with Gasteiger partial charge >= 0.3 is 0 Å². The minimum absolute atomic E-state index is 0.0172. The molecule has 0 N–H and O–H groups in total. The van der Waals surface area contributed by atoms with E-state index in [1.54, 1.807) is 4.90 Å². The number of aromatic nitrogens is 2. The first-order valence-electron chi connectivity index (χ1n) is 11.9. The quantitative estimate of drug-likeness (QED) is 0.533. The smallest absolute Gasteiger partial charge is 0.263 e. The van der Waals surface area contributed by atoms with Crippen LogP contribution in [0.1, 0.15) is 43.4 Å². The molecule has 1 aliphatic carbocycles. The molecule has 0 radical (unpaired) electrons. The first-order valence-corrected chi connectivity index (χ1v) is 14.5. The number of thiophene rings is 1. The van der Waals surface area contributed by atoms with Gasteiger partial charge in [0, 0.05) is 22.5 Å². The number of rotatable bonds is 5. The molecular weight excluding hydrogens is 470 g/mol. The fourth-order valence-electron chi connectivity index (χ4n) is 5.49. The maximum absolute atomic E-state index is 13.6. The van der Waals surface area contributed by atoms with Gasteiger partial charge < -0.3 is 4.90 Å². The van der Waals surface area contributed by atoms with Gasteiger partial charge in [-0.05, 0) is 31.7 Å². The number of sulfone groups is 1. The van der Waals surface area contributed by atoms with Gasteiger partial charge in [-0.25, -0.2) is 13.4 Å². The Bertz CT molecular complexity index is 1370. The highest BCUT2D eigenvalue weighted by Gasteiger charge is 2.38. The van der Waals surface area contributed by atoms with Crippen LogP contribution in [0.2, 0.25) is 0 Å². The minimum Gasteiger partial charge on any atom is -0.334 e. The zero-order valence-corrected chi connectivity index (χ0v) is 20.9. The summed E-state index contributed by atoms with van der Waals surface area (Å²) in [4.78, 5) is 35.1. The van der Waals surface area contributed by atoms with E-state index in [2.05, 4.69) is 4.98 Å². The SMILES string of the molecule is Cc1sc2ncn(CC(=O)N(C3CCCCC3)C3CCS(=O)(=O)C3)c(=O)c2c1-c1ccccc1. The molecule has 2 fully saturated rings. The largest absolute Gasteiger partial charge is 0.334 e. The summed E-state index contributed by atoms with van der Waals surface area (Å²) in [5.41, 5.74) is 1.59. The van der Waals surface area contributed by atoms with E-state index in [1.165, 1.54) is 22.2 Å². The van der Waals surface area contributed by atoms with Crippen molar-refractivity contribution in [2.45, 2.75) is 64.1 Å². The van der Waals surface area contributed by atoms with Gasteiger partial charge in [0.25, 0.3) is 5.56 Å². The van der Waals surface area contributed by atoms with E-state index in [1.807, 2.05) is 37.3 Å². The van der Waals surface area contributed by atoms with E-state index < -0.39 is 9.84 Å². The molecule has 1 amide bonds. The van der Waals surface area contributed by atoms with Crippen LogP contribution in [0.4, 0.5) is 0 Å². The second-order valence-electron chi connectivity index (χ2n) is 9.41. The predicted molar refractivity (Wildman–Crippen MR) is 135 cm³/mol. The van der Waals surface area contributed by atoms with E-state index in [-0.39, 0.29) is 41.6 Å². The van der Waals surface area contributed by atoms with E-state index in [0.717, 1.165) is 48.1 Å². The molecule has 1 saturated carbocycles. The Morgan fingerprint density at radius 2 is 1.85 bits per heavy atom. The molecule has 1 unspecified atom stereocenters. The highest BCUT2D eigenvalue weighted by atomic mass is 32.2. The molecular formula is C25H29N3O4S2. The number of nitrogens with zero attached hydrogens (tertiary/aromatic N) is 3. The Balaban J connectivity index is 1.50. The lowest BCUT2D eigenvalue weighted by Gasteiger charge is -2.38. The molecule has 180 valence electrons. The van der Waals surface area contributed by atoms with Crippen molar-refractivity contribution < 1.29 is 13.2 Å². The monoisotopic (exact) mass is 499 g/mol.